The van der Waals surface area contributed by atoms with Gasteiger partial charge in [0.05, 0.1) is 6.42 Å². The predicted molar refractivity (Wildman–Crippen MR) is 54.6 cm³/mol. The summed E-state index contributed by atoms with van der Waals surface area (Å²) in [5.74, 6) is -2.20. The maximum Gasteiger partial charge on any atom is 0.372 e. The lowest BCUT2D eigenvalue weighted by atomic mass is 10.2. The number of nitrogens with one attached hydrogen (secondary N) is 1. The molecule has 0 aliphatic heterocycles. The molecule has 0 aliphatic carbocycles. The summed E-state index contributed by atoms with van der Waals surface area (Å²) in [5.41, 5.74) is 1.54. The predicted octanol–water partition coefficient (Wildman–Crippen LogP) is 1.36. The van der Waals surface area contributed by atoms with Crippen LogP contribution in [0.25, 0.3) is 10.9 Å². The van der Waals surface area contributed by atoms with Crippen LogP contribution in [0.4, 0.5) is 0 Å². The quantitative estimate of drug-likeness (QED) is 0.740. The lowest BCUT2D eigenvalue weighted by molar-refractivity contribution is -0.148. The number of Topliss-reactive ketones (excluding diaryl/α,β-unsaturated/α-hetero) is 1. The standard InChI is InChI=1S/C11H9NO3/c13-10(11(14)15)6-8-5-7-3-1-2-4-9(7)12-8/h1-5,12H,6H2,(H,14,15). The lowest BCUT2D eigenvalue weighted by Crippen LogP contribution is -2.15. The summed E-state index contributed by atoms with van der Waals surface area (Å²) in [7, 11) is 0. The fraction of sp³-hybridized carbons (Fsp3) is 0.0909. The Bertz CT molecular complexity index is 494. The van der Waals surface area contributed by atoms with E-state index in [1.54, 1.807) is 6.07 Å². The number of aromatic nitrogens is 1. The number of carboxylic acids is 1. The molecule has 1 aromatic carbocycles. The van der Waals surface area contributed by atoms with Crippen LogP contribution in [0.15, 0.2) is 30.3 Å². The summed E-state index contributed by atoms with van der Waals surface area (Å²) < 4.78 is 0. The van der Waals surface area contributed by atoms with Gasteiger partial charge in [0.15, 0.2) is 0 Å². The molecule has 76 valence electrons. The Hall–Kier alpha value is -2.10. The molecule has 0 saturated carbocycles. The molecule has 4 nitrogen and oxygen atoms in total. The normalized spacial score (nSPS) is 10.4. The molecule has 0 radical (unpaired) electrons. The van der Waals surface area contributed by atoms with Crippen molar-refractivity contribution in [2.75, 3.05) is 0 Å². The highest BCUT2D eigenvalue weighted by molar-refractivity contribution is 6.33. The minimum Gasteiger partial charge on any atom is -0.475 e. The van der Waals surface area contributed by atoms with Gasteiger partial charge in [-0.1, -0.05) is 18.2 Å². The number of para-hydroxylation sites is 1. The van der Waals surface area contributed by atoms with Crippen molar-refractivity contribution in [2.24, 2.45) is 0 Å². The van der Waals surface area contributed by atoms with Crippen molar-refractivity contribution in [3.63, 3.8) is 0 Å². The largest absolute Gasteiger partial charge is 0.475 e. The van der Waals surface area contributed by atoms with Gasteiger partial charge in [-0.15, -0.1) is 0 Å². The van der Waals surface area contributed by atoms with Crippen molar-refractivity contribution in [2.45, 2.75) is 6.42 Å². The topological polar surface area (TPSA) is 70.2 Å². The minimum atomic E-state index is -1.39. The van der Waals surface area contributed by atoms with E-state index in [9.17, 15) is 9.59 Å². The van der Waals surface area contributed by atoms with Gasteiger partial charge in [0.2, 0.25) is 5.78 Å². The number of rotatable bonds is 3. The first-order chi connectivity index (χ1) is 7.16. The summed E-state index contributed by atoms with van der Waals surface area (Å²) in [5, 5.41) is 9.43. The molecule has 2 aromatic rings. The number of aromatic amines is 1. The highest BCUT2D eigenvalue weighted by Gasteiger charge is 2.13. The molecule has 0 amide bonds. The van der Waals surface area contributed by atoms with Crippen LogP contribution in [0, 0.1) is 0 Å². The van der Waals surface area contributed by atoms with Crippen LogP contribution < -0.4 is 0 Å². The average Bonchev–Trinajstić information content (AvgIpc) is 2.59. The number of hydrogen-bond donors (Lipinski definition) is 2. The number of benzene rings is 1. The maximum absolute atomic E-state index is 11.0. The molecule has 0 bridgehead atoms. The van der Waals surface area contributed by atoms with Crippen molar-refractivity contribution in [1.29, 1.82) is 0 Å². The number of fused-ring (bicyclic) bond motifs is 1. The third-order valence-corrected chi connectivity index (χ3v) is 2.18. The Kier molecular flexibility index (Phi) is 2.25. The van der Waals surface area contributed by atoms with E-state index >= 15 is 0 Å². The monoisotopic (exact) mass is 203 g/mol. The zero-order chi connectivity index (χ0) is 10.8. The van der Waals surface area contributed by atoms with Crippen molar-refractivity contribution < 1.29 is 14.7 Å². The second-order valence-electron chi connectivity index (χ2n) is 3.29. The fourth-order valence-corrected chi connectivity index (χ4v) is 1.48. The van der Waals surface area contributed by atoms with Crippen molar-refractivity contribution >= 4 is 22.7 Å². The highest BCUT2D eigenvalue weighted by Crippen LogP contribution is 2.14. The first kappa shape index (κ1) is 9.45. The Balaban J connectivity index is 2.30. The number of carboxylic acid groups (broad SMARTS) is 1. The van der Waals surface area contributed by atoms with Gasteiger partial charge in [0.1, 0.15) is 0 Å². The number of aliphatic carboxylic acids is 1. The van der Waals surface area contributed by atoms with Gasteiger partial charge in [-0.3, -0.25) is 4.79 Å². The second-order valence-corrected chi connectivity index (χ2v) is 3.29. The SMILES string of the molecule is O=C(O)C(=O)Cc1cc2ccccc2[nH]1. The third kappa shape index (κ3) is 1.88. The zero-order valence-electron chi connectivity index (χ0n) is 7.86. The van der Waals surface area contributed by atoms with Crippen LogP contribution in [-0.4, -0.2) is 21.8 Å². The third-order valence-electron chi connectivity index (χ3n) is 2.18. The van der Waals surface area contributed by atoms with E-state index in [1.165, 1.54) is 0 Å². The summed E-state index contributed by atoms with van der Waals surface area (Å²) in [6, 6.07) is 9.33. The van der Waals surface area contributed by atoms with Crippen LogP contribution in [0.3, 0.4) is 0 Å². The Morgan fingerprint density at radius 3 is 2.67 bits per heavy atom. The highest BCUT2D eigenvalue weighted by atomic mass is 16.4. The second kappa shape index (κ2) is 3.57. The minimum absolute atomic E-state index is 0.0932. The number of ketones is 1. The number of carbonyl (C=O) groups excluding carboxylic acids is 1. The van der Waals surface area contributed by atoms with E-state index < -0.39 is 11.8 Å². The molecular weight excluding hydrogens is 194 g/mol. The van der Waals surface area contributed by atoms with E-state index in [1.807, 2.05) is 24.3 Å². The van der Waals surface area contributed by atoms with Gasteiger partial charge >= 0.3 is 5.97 Å². The molecule has 0 fully saturated rings. The summed E-state index contributed by atoms with van der Waals surface area (Å²) in [6.45, 7) is 0. The smallest absolute Gasteiger partial charge is 0.372 e. The molecular formula is C11H9NO3. The average molecular weight is 203 g/mol. The van der Waals surface area contributed by atoms with E-state index in [0.29, 0.717) is 5.69 Å². The summed E-state index contributed by atoms with van der Waals surface area (Å²) in [4.78, 5) is 24.3. The molecule has 15 heavy (non-hydrogen) atoms. The van der Waals surface area contributed by atoms with Crippen molar-refractivity contribution in [3.05, 3.63) is 36.0 Å². The molecule has 1 heterocycles. The molecule has 4 heteroatoms. The van der Waals surface area contributed by atoms with Gasteiger partial charge in [-0.2, -0.15) is 0 Å². The van der Waals surface area contributed by atoms with Crippen LogP contribution >= 0.6 is 0 Å². The number of carbonyl (C=O) groups is 2. The molecule has 2 N–H and O–H groups in total. The van der Waals surface area contributed by atoms with Crippen LogP contribution in [0.2, 0.25) is 0 Å². The molecule has 0 aliphatic rings. The van der Waals surface area contributed by atoms with E-state index in [4.69, 9.17) is 5.11 Å². The molecule has 0 saturated heterocycles. The number of H-pyrrole nitrogens is 1. The van der Waals surface area contributed by atoms with Gasteiger partial charge in [0.25, 0.3) is 0 Å². The first-order valence-corrected chi connectivity index (χ1v) is 4.49. The van der Waals surface area contributed by atoms with Crippen LogP contribution in [-0.2, 0) is 16.0 Å². The number of hydrogen-bond acceptors (Lipinski definition) is 2. The van der Waals surface area contributed by atoms with Crippen LogP contribution in [0.5, 0.6) is 0 Å². The fourth-order valence-electron chi connectivity index (χ4n) is 1.48. The lowest BCUT2D eigenvalue weighted by Gasteiger charge is -1.91. The molecule has 0 unspecified atom stereocenters. The zero-order valence-corrected chi connectivity index (χ0v) is 7.86. The molecule has 2 rings (SSSR count). The Morgan fingerprint density at radius 1 is 1.27 bits per heavy atom. The molecule has 1 aromatic heterocycles. The molecule has 0 spiro atoms. The van der Waals surface area contributed by atoms with Crippen molar-refractivity contribution in [1.82, 2.24) is 4.98 Å². The van der Waals surface area contributed by atoms with E-state index in [2.05, 4.69) is 4.98 Å². The van der Waals surface area contributed by atoms with E-state index in [-0.39, 0.29) is 6.42 Å². The Labute approximate surface area is 85.5 Å². The maximum atomic E-state index is 11.0. The van der Waals surface area contributed by atoms with Gasteiger partial charge in [-0.25, -0.2) is 4.79 Å². The first-order valence-electron chi connectivity index (χ1n) is 4.49. The van der Waals surface area contributed by atoms with Gasteiger partial charge in [0, 0.05) is 11.2 Å². The van der Waals surface area contributed by atoms with Gasteiger partial charge < -0.3 is 10.1 Å². The Morgan fingerprint density at radius 2 is 2.00 bits per heavy atom. The van der Waals surface area contributed by atoms with Gasteiger partial charge in [-0.05, 0) is 17.5 Å². The summed E-state index contributed by atoms with van der Waals surface area (Å²) >= 11 is 0. The van der Waals surface area contributed by atoms with E-state index in [0.717, 1.165) is 10.9 Å². The summed E-state index contributed by atoms with van der Waals surface area (Å²) in [6.07, 6.45) is -0.0932. The van der Waals surface area contributed by atoms with Crippen LogP contribution in [0.1, 0.15) is 5.69 Å². The van der Waals surface area contributed by atoms with Crippen molar-refractivity contribution in [3.8, 4) is 0 Å². The molecule has 0 atom stereocenters.